The summed E-state index contributed by atoms with van der Waals surface area (Å²) in [4.78, 5) is 1.51. The highest BCUT2D eigenvalue weighted by molar-refractivity contribution is 5.19. The minimum Gasteiger partial charge on any atom is -0.373 e. The molecular formula is C13H20NO+. The minimum atomic E-state index is 0.320. The predicted octanol–water partition coefficient (Wildman–Crippen LogP) is 0.909. The van der Waals surface area contributed by atoms with Gasteiger partial charge in [-0.15, -0.1) is 0 Å². The maximum Gasteiger partial charge on any atom is 0.0907 e. The van der Waals surface area contributed by atoms with Crippen molar-refractivity contribution in [2.75, 3.05) is 27.2 Å². The lowest BCUT2D eigenvalue weighted by Gasteiger charge is -2.20. The Hall–Kier alpha value is -0.860. The van der Waals surface area contributed by atoms with Gasteiger partial charge < -0.3 is 9.64 Å². The van der Waals surface area contributed by atoms with Crippen molar-refractivity contribution >= 4 is 0 Å². The van der Waals surface area contributed by atoms with Crippen LogP contribution in [0.1, 0.15) is 18.1 Å². The monoisotopic (exact) mass is 206 g/mol. The molecule has 0 amide bonds. The Balaban J connectivity index is 2.08. The van der Waals surface area contributed by atoms with Gasteiger partial charge in [0.2, 0.25) is 0 Å². The molecule has 0 aliphatic carbocycles. The molecule has 1 aliphatic rings. The molecule has 1 aliphatic heterocycles. The minimum absolute atomic E-state index is 0.320. The van der Waals surface area contributed by atoms with Gasteiger partial charge in [0.05, 0.1) is 26.7 Å². The van der Waals surface area contributed by atoms with Crippen LogP contribution in [0.2, 0.25) is 0 Å². The van der Waals surface area contributed by atoms with Crippen LogP contribution in [0.15, 0.2) is 30.3 Å². The largest absolute Gasteiger partial charge is 0.373 e. The highest BCUT2D eigenvalue weighted by atomic mass is 16.5. The fourth-order valence-corrected chi connectivity index (χ4v) is 2.38. The molecule has 1 unspecified atom stereocenters. The van der Waals surface area contributed by atoms with E-state index in [1.807, 2.05) is 0 Å². The zero-order chi connectivity index (χ0) is 10.7. The lowest BCUT2D eigenvalue weighted by molar-refractivity contribution is -0.862. The van der Waals surface area contributed by atoms with Gasteiger partial charge in [0.25, 0.3) is 0 Å². The van der Waals surface area contributed by atoms with Gasteiger partial charge >= 0.3 is 0 Å². The first-order chi connectivity index (χ1) is 7.27. The van der Waals surface area contributed by atoms with Crippen molar-refractivity contribution in [3.05, 3.63) is 35.9 Å². The lowest BCUT2D eigenvalue weighted by Crippen LogP contribution is -3.06. The summed E-state index contributed by atoms with van der Waals surface area (Å²) in [5.74, 6) is 0.678. The molecule has 1 heterocycles. The Kier molecular flexibility index (Phi) is 3.39. The molecule has 2 heteroatoms. The average Bonchev–Trinajstić information content (AvgIpc) is 2.66. The van der Waals surface area contributed by atoms with Crippen LogP contribution in [0.3, 0.4) is 0 Å². The third kappa shape index (κ3) is 2.58. The van der Waals surface area contributed by atoms with Gasteiger partial charge in [0.1, 0.15) is 0 Å². The number of rotatable bonds is 3. The molecule has 1 fully saturated rings. The van der Waals surface area contributed by atoms with Crippen molar-refractivity contribution in [1.82, 2.24) is 0 Å². The highest BCUT2D eigenvalue weighted by Crippen LogP contribution is 2.33. The second-order valence-corrected chi connectivity index (χ2v) is 4.66. The Labute approximate surface area is 91.9 Å². The van der Waals surface area contributed by atoms with E-state index in [0.717, 1.165) is 6.61 Å². The van der Waals surface area contributed by atoms with Gasteiger partial charge in [-0.2, -0.15) is 0 Å². The van der Waals surface area contributed by atoms with Gasteiger partial charge in [-0.3, -0.25) is 0 Å². The molecular weight excluding hydrogens is 186 g/mol. The molecule has 15 heavy (non-hydrogen) atoms. The second kappa shape index (κ2) is 4.77. The first kappa shape index (κ1) is 10.7. The van der Waals surface area contributed by atoms with Crippen LogP contribution in [-0.4, -0.2) is 27.2 Å². The van der Waals surface area contributed by atoms with Crippen LogP contribution in [0, 0.1) is 5.92 Å². The molecule has 1 aromatic rings. The summed E-state index contributed by atoms with van der Waals surface area (Å²) in [6.45, 7) is 2.11. The van der Waals surface area contributed by atoms with Crippen LogP contribution in [0.5, 0.6) is 0 Å². The standard InChI is InChI=1S/C13H19NO/c1-14(2)10-12-8-9-15-13(12)11-6-4-3-5-7-11/h3-7,12-13H,8-10H2,1-2H3/p+1/t12-,13?/m1/s1. The maximum absolute atomic E-state index is 5.84. The van der Waals surface area contributed by atoms with Crippen LogP contribution in [0.4, 0.5) is 0 Å². The third-order valence-corrected chi connectivity index (χ3v) is 3.01. The van der Waals surface area contributed by atoms with E-state index in [1.165, 1.54) is 23.4 Å². The number of hydrogen-bond acceptors (Lipinski definition) is 1. The SMILES string of the molecule is C[NH+](C)C[C@H]1CCOC1c1ccccc1. The average molecular weight is 206 g/mol. The molecule has 0 saturated carbocycles. The molecule has 0 bridgehead atoms. The Bertz CT molecular complexity index is 297. The third-order valence-electron chi connectivity index (χ3n) is 3.01. The summed E-state index contributed by atoms with van der Waals surface area (Å²) < 4.78 is 5.84. The van der Waals surface area contributed by atoms with E-state index in [1.54, 1.807) is 0 Å². The molecule has 0 aromatic heterocycles. The fourth-order valence-electron chi connectivity index (χ4n) is 2.38. The molecule has 1 saturated heterocycles. The molecule has 2 nitrogen and oxygen atoms in total. The number of benzene rings is 1. The van der Waals surface area contributed by atoms with Crippen molar-refractivity contribution < 1.29 is 9.64 Å². The van der Waals surface area contributed by atoms with E-state index in [4.69, 9.17) is 4.74 Å². The van der Waals surface area contributed by atoms with Gasteiger partial charge in [0.15, 0.2) is 0 Å². The zero-order valence-corrected chi connectivity index (χ0v) is 9.57. The lowest BCUT2D eigenvalue weighted by atomic mass is 9.95. The smallest absolute Gasteiger partial charge is 0.0907 e. The molecule has 1 aromatic carbocycles. The van der Waals surface area contributed by atoms with Crippen molar-refractivity contribution in [3.63, 3.8) is 0 Å². The first-order valence-electron chi connectivity index (χ1n) is 5.73. The molecule has 82 valence electrons. The molecule has 1 N–H and O–H groups in total. The molecule has 2 rings (SSSR count). The summed E-state index contributed by atoms with van der Waals surface area (Å²) in [5, 5.41) is 0. The predicted molar refractivity (Wildman–Crippen MR) is 60.9 cm³/mol. The summed E-state index contributed by atoms with van der Waals surface area (Å²) in [5.41, 5.74) is 1.33. The zero-order valence-electron chi connectivity index (χ0n) is 9.57. The van der Waals surface area contributed by atoms with E-state index in [2.05, 4.69) is 44.4 Å². The van der Waals surface area contributed by atoms with Crippen LogP contribution in [0.25, 0.3) is 0 Å². The molecule has 0 spiro atoms. The van der Waals surface area contributed by atoms with E-state index in [-0.39, 0.29) is 0 Å². The van der Waals surface area contributed by atoms with E-state index in [9.17, 15) is 0 Å². The summed E-state index contributed by atoms with van der Waals surface area (Å²) in [6.07, 6.45) is 1.52. The summed E-state index contributed by atoms with van der Waals surface area (Å²) in [6, 6.07) is 10.6. The number of nitrogens with one attached hydrogen (secondary N) is 1. The first-order valence-corrected chi connectivity index (χ1v) is 5.73. The number of hydrogen-bond donors (Lipinski definition) is 1. The number of ether oxygens (including phenoxy) is 1. The molecule has 0 radical (unpaired) electrons. The summed E-state index contributed by atoms with van der Waals surface area (Å²) in [7, 11) is 4.42. The van der Waals surface area contributed by atoms with E-state index >= 15 is 0 Å². The van der Waals surface area contributed by atoms with Crippen LogP contribution < -0.4 is 4.90 Å². The number of quaternary nitrogens is 1. The Morgan fingerprint density at radius 3 is 2.67 bits per heavy atom. The maximum atomic E-state index is 5.84. The topological polar surface area (TPSA) is 13.7 Å². The van der Waals surface area contributed by atoms with E-state index in [0.29, 0.717) is 12.0 Å². The fraction of sp³-hybridized carbons (Fsp3) is 0.538. The second-order valence-electron chi connectivity index (χ2n) is 4.66. The van der Waals surface area contributed by atoms with Gasteiger partial charge in [-0.05, 0) is 12.0 Å². The Morgan fingerprint density at radius 1 is 1.27 bits per heavy atom. The van der Waals surface area contributed by atoms with Gasteiger partial charge in [0, 0.05) is 12.5 Å². The van der Waals surface area contributed by atoms with Gasteiger partial charge in [-0.25, -0.2) is 0 Å². The quantitative estimate of drug-likeness (QED) is 0.776. The van der Waals surface area contributed by atoms with Crippen LogP contribution >= 0.6 is 0 Å². The van der Waals surface area contributed by atoms with E-state index < -0.39 is 0 Å². The highest BCUT2D eigenvalue weighted by Gasteiger charge is 2.31. The van der Waals surface area contributed by atoms with Crippen molar-refractivity contribution in [3.8, 4) is 0 Å². The van der Waals surface area contributed by atoms with Gasteiger partial charge in [-0.1, -0.05) is 30.3 Å². The summed E-state index contributed by atoms with van der Waals surface area (Å²) >= 11 is 0. The van der Waals surface area contributed by atoms with Crippen molar-refractivity contribution in [2.24, 2.45) is 5.92 Å². The normalized spacial score (nSPS) is 26.1. The Morgan fingerprint density at radius 2 is 2.00 bits per heavy atom. The molecule has 2 atom stereocenters. The van der Waals surface area contributed by atoms with Crippen LogP contribution in [-0.2, 0) is 4.74 Å². The van der Waals surface area contributed by atoms with Crippen molar-refractivity contribution in [2.45, 2.75) is 12.5 Å². The van der Waals surface area contributed by atoms with Crippen molar-refractivity contribution in [1.29, 1.82) is 0 Å².